The van der Waals surface area contributed by atoms with Crippen LogP contribution in [0.25, 0.3) is 10.8 Å². The van der Waals surface area contributed by atoms with Crippen molar-refractivity contribution in [1.82, 2.24) is 9.89 Å². The van der Waals surface area contributed by atoms with Gasteiger partial charge in [0.15, 0.2) is 0 Å². The van der Waals surface area contributed by atoms with Gasteiger partial charge in [-0.05, 0) is 43.1 Å². The van der Waals surface area contributed by atoms with Crippen LogP contribution in [-0.4, -0.2) is 15.8 Å². The number of nitrogens with zero attached hydrogens (tertiary/aromatic N) is 2. The fourth-order valence-electron chi connectivity index (χ4n) is 4.85. The first-order valence-electron chi connectivity index (χ1n) is 9.65. The summed E-state index contributed by atoms with van der Waals surface area (Å²) in [5.41, 5.74) is 3.07. The van der Waals surface area contributed by atoms with Gasteiger partial charge in [-0.3, -0.25) is 9.59 Å². The third-order valence-electron chi connectivity index (χ3n) is 6.08. The Morgan fingerprint density at radius 3 is 2.54 bits per heavy atom. The Hall–Kier alpha value is -2.17. The Kier molecular flexibility index (Phi) is 4.13. The molecule has 1 aromatic carbocycles. The normalized spacial score (nSPS) is 25.0. The summed E-state index contributed by atoms with van der Waals surface area (Å²) in [6, 6.07) is 7.48. The first-order valence-corrected chi connectivity index (χ1v) is 9.65. The van der Waals surface area contributed by atoms with E-state index < -0.39 is 0 Å². The van der Waals surface area contributed by atoms with Crippen LogP contribution >= 0.6 is 0 Å². The number of aromatic nitrogens is 2. The molecule has 2 aliphatic rings. The lowest BCUT2D eigenvalue weighted by Gasteiger charge is -2.23. The van der Waals surface area contributed by atoms with Crippen LogP contribution < -0.4 is 11.0 Å². The first-order chi connectivity index (χ1) is 12.3. The molecule has 4 rings (SSSR count). The van der Waals surface area contributed by atoms with Crippen molar-refractivity contribution in [2.75, 3.05) is 5.43 Å². The Morgan fingerprint density at radius 1 is 1.19 bits per heavy atom. The molecule has 1 aromatic heterocycles. The van der Waals surface area contributed by atoms with Crippen LogP contribution in [0.2, 0.25) is 0 Å². The van der Waals surface area contributed by atoms with Gasteiger partial charge >= 0.3 is 0 Å². The predicted molar refractivity (Wildman–Crippen MR) is 103 cm³/mol. The first kappa shape index (κ1) is 17.3. The molecule has 5 nitrogen and oxygen atoms in total. The Morgan fingerprint density at radius 2 is 1.92 bits per heavy atom. The van der Waals surface area contributed by atoms with Crippen molar-refractivity contribution in [3.05, 3.63) is 40.3 Å². The summed E-state index contributed by atoms with van der Waals surface area (Å²) < 4.78 is 0. The van der Waals surface area contributed by atoms with Crippen molar-refractivity contribution in [1.29, 1.82) is 0 Å². The van der Waals surface area contributed by atoms with E-state index in [-0.39, 0.29) is 16.9 Å². The fourth-order valence-corrected chi connectivity index (χ4v) is 4.85. The summed E-state index contributed by atoms with van der Waals surface area (Å²) in [5, 5.41) is 5.95. The number of hydrogen-bond donors (Lipinski definition) is 1. The van der Waals surface area contributed by atoms with E-state index in [0.717, 1.165) is 28.2 Å². The highest BCUT2D eigenvalue weighted by Crippen LogP contribution is 2.49. The van der Waals surface area contributed by atoms with E-state index in [1.54, 1.807) is 6.07 Å². The van der Waals surface area contributed by atoms with E-state index in [1.807, 2.05) is 18.2 Å². The highest BCUT2D eigenvalue weighted by atomic mass is 16.2. The molecule has 0 radical (unpaired) electrons. The molecule has 0 aliphatic heterocycles. The molecular weight excluding hydrogens is 326 g/mol. The van der Waals surface area contributed by atoms with Gasteiger partial charge in [-0.15, -0.1) is 4.79 Å². The lowest BCUT2D eigenvalue weighted by Crippen LogP contribution is -2.38. The summed E-state index contributed by atoms with van der Waals surface area (Å²) in [6.07, 6.45) is 5.51. The number of nitrogens with one attached hydrogen (secondary N) is 1. The van der Waals surface area contributed by atoms with E-state index in [9.17, 15) is 9.59 Å². The molecule has 2 aromatic rings. The molecule has 0 spiro atoms. The molecule has 3 atom stereocenters. The highest BCUT2D eigenvalue weighted by Gasteiger charge is 2.40. The van der Waals surface area contributed by atoms with Crippen molar-refractivity contribution in [3.8, 4) is 0 Å². The van der Waals surface area contributed by atoms with E-state index >= 15 is 0 Å². The zero-order valence-electron chi connectivity index (χ0n) is 15.8. The van der Waals surface area contributed by atoms with Crippen LogP contribution in [-0.2, 0) is 10.2 Å². The summed E-state index contributed by atoms with van der Waals surface area (Å²) in [4.78, 5) is 26.5. The minimum absolute atomic E-state index is 0.104. The molecule has 26 heavy (non-hydrogen) atoms. The molecule has 5 heteroatoms. The monoisotopic (exact) mass is 353 g/mol. The van der Waals surface area contributed by atoms with Gasteiger partial charge in [0.1, 0.15) is 0 Å². The van der Waals surface area contributed by atoms with Gasteiger partial charge in [-0.1, -0.05) is 45.4 Å². The standard InChI is InChI=1S/C21H27N3O2/c1-21(2,3)19-16-6-4-5-7-17(16)20(26)24(23-19)22-18(25)12-15-11-13-8-9-14(15)10-13/h4-7,13-15H,8-12H2,1-3H3,(H,22,25)/t13-,14+,15-/m1/s1. The third-order valence-corrected chi connectivity index (χ3v) is 6.08. The van der Waals surface area contributed by atoms with Gasteiger partial charge in [0, 0.05) is 17.2 Å². The second-order valence-electron chi connectivity index (χ2n) is 9.04. The van der Waals surface area contributed by atoms with Gasteiger partial charge in [0.25, 0.3) is 5.56 Å². The molecule has 1 N–H and O–H groups in total. The minimum Gasteiger partial charge on any atom is -0.273 e. The van der Waals surface area contributed by atoms with E-state index in [0.29, 0.717) is 23.6 Å². The maximum Gasteiger partial charge on any atom is 0.294 e. The van der Waals surface area contributed by atoms with Crippen molar-refractivity contribution in [2.45, 2.75) is 58.3 Å². The average molecular weight is 353 g/mol. The summed E-state index contributed by atoms with van der Waals surface area (Å²) in [5.74, 6) is 1.86. The van der Waals surface area contributed by atoms with Crippen LogP contribution in [0.3, 0.4) is 0 Å². The van der Waals surface area contributed by atoms with Crippen LogP contribution in [0.5, 0.6) is 0 Å². The maximum atomic E-state index is 12.8. The largest absolute Gasteiger partial charge is 0.294 e. The zero-order chi connectivity index (χ0) is 18.5. The number of benzene rings is 1. The second-order valence-corrected chi connectivity index (χ2v) is 9.04. The molecule has 2 saturated carbocycles. The molecule has 2 bridgehead atoms. The van der Waals surface area contributed by atoms with Gasteiger partial charge in [0.05, 0.1) is 11.1 Å². The maximum absolute atomic E-state index is 12.8. The number of rotatable bonds is 3. The number of carbonyl (C=O) groups is 1. The third kappa shape index (κ3) is 3.04. The number of amides is 1. The van der Waals surface area contributed by atoms with Gasteiger partial charge in [0.2, 0.25) is 5.91 Å². The molecule has 2 fully saturated rings. The fraction of sp³-hybridized carbons (Fsp3) is 0.571. The Bertz CT molecular complexity index is 910. The smallest absolute Gasteiger partial charge is 0.273 e. The van der Waals surface area contributed by atoms with E-state index in [2.05, 4.69) is 31.3 Å². The van der Waals surface area contributed by atoms with Crippen molar-refractivity contribution in [3.63, 3.8) is 0 Å². The minimum atomic E-state index is -0.269. The average Bonchev–Trinajstić information content (AvgIpc) is 3.19. The van der Waals surface area contributed by atoms with Gasteiger partial charge in [-0.2, -0.15) is 5.10 Å². The quantitative estimate of drug-likeness (QED) is 0.917. The van der Waals surface area contributed by atoms with Crippen molar-refractivity contribution < 1.29 is 4.79 Å². The van der Waals surface area contributed by atoms with Gasteiger partial charge < -0.3 is 0 Å². The van der Waals surface area contributed by atoms with Crippen LogP contribution in [0.15, 0.2) is 29.1 Å². The van der Waals surface area contributed by atoms with E-state index in [4.69, 9.17) is 0 Å². The zero-order valence-corrected chi connectivity index (χ0v) is 15.8. The topological polar surface area (TPSA) is 64.0 Å². The molecule has 2 aliphatic carbocycles. The highest BCUT2D eigenvalue weighted by molar-refractivity contribution is 5.86. The van der Waals surface area contributed by atoms with Crippen molar-refractivity contribution >= 4 is 16.7 Å². The SMILES string of the molecule is CC(C)(C)c1nn(NC(=O)C[C@H]2C[C@@H]3CC[C@H]2C3)c(=O)c2ccccc12. The van der Waals surface area contributed by atoms with Gasteiger partial charge in [-0.25, -0.2) is 5.43 Å². The number of fused-ring (bicyclic) bond motifs is 3. The number of hydrogen-bond acceptors (Lipinski definition) is 3. The molecule has 1 amide bonds. The molecule has 1 heterocycles. The molecular formula is C21H27N3O2. The molecule has 138 valence electrons. The van der Waals surface area contributed by atoms with Crippen LogP contribution in [0, 0.1) is 17.8 Å². The Balaban J connectivity index is 1.63. The Labute approximate surface area is 153 Å². The van der Waals surface area contributed by atoms with E-state index in [1.165, 1.54) is 19.3 Å². The summed E-state index contributed by atoms with van der Waals surface area (Å²) in [6.45, 7) is 6.19. The number of carbonyl (C=O) groups excluding carboxylic acids is 1. The second kappa shape index (κ2) is 6.22. The predicted octanol–water partition coefficient (Wildman–Crippen LogP) is 3.59. The summed E-state index contributed by atoms with van der Waals surface area (Å²) >= 11 is 0. The van der Waals surface area contributed by atoms with Crippen LogP contribution in [0.1, 0.15) is 58.6 Å². The lowest BCUT2D eigenvalue weighted by atomic mass is 9.86. The van der Waals surface area contributed by atoms with Crippen molar-refractivity contribution in [2.24, 2.45) is 17.8 Å². The lowest BCUT2D eigenvalue weighted by molar-refractivity contribution is -0.118. The molecule has 0 saturated heterocycles. The molecule has 0 unspecified atom stereocenters. The summed E-state index contributed by atoms with van der Waals surface area (Å²) in [7, 11) is 0. The van der Waals surface area contributed by atoms with Crippen LogP contribution in [0.4, 0.5) is 0 Å².